The molecular formula is C13H18O4. The second-order valence-corrected chi connectivity index (χ2v) is 3.47. The van der Waals surface area contributed by atoms with Crippen molar-refractivity contribution in [3.05, 3.63) is 17.7 Å². The van der Waals surface area contributed by atoms with Gasteiger partial charge in [-0.3, -0.25) is 4.79 Å². The molecule has 1 N–H and O–H groups in total. The number of aromatic hydroxyl groups is 1. The highest BCUT2D eigenvalue weighted by Gasteiger charge is 2.15. The zero-order chi connectivity index (χ0) is 12.8. The third kappa shape index (κ3) is 3.12. The van der Waals surface area contributed by atoms with Crippen molar-refractivity contribution in [2.24, 2.45) is 0 Å². The quantitative estimate of drug-likeness (QED) is 0.774. The van der Waals surface area contributed by atoms with Crippen molar-refractivity contribution in [1.82, 2.24) is 0 Å². The second kappa shape index (κ2) is 6.13. The number of hydrogen-bond donors (Lipinski definition) is 1. The van der Waals surface area contributed by atoms with E-state index in [4.69, 9.17) is 9.47 Å². The lowest BCUT2D eigenvalue weighted by Gasteiger charge is -2.13. The fourth-order valence-electron chi connectivity index (χ4n) is 1.50. The van der Waals surface area contributed by atoms with Gasteiger partial charge in [-0.15, -0.1) is 0 Å². The van der Waals surface area contributed by atoms with Crippen LogP contribution < -0.4 is 9.47 Å². The molecule has 1 aromatic rings. The number of rotatable bonds is 6. The van der Waals surface area contributed by atoms with Crippen LogP contribution in [-0.2, 0) is 0 Å². The predicted molar refractivity (Wildman–Crippen MR) is 65.1 cm³/mol. The Bertz CT molecular complexity index is 399. The minimum atomic E-state index is -0.0606. The van der Waals surface area contributed by atoms with Crippen LogP contribution >= 0.6 is 0 Å². The van der Waals surface area contributed by atoms with E-state index in [1.54, 1.807) is 13.0 Å². The normalized spacial score (nSPS) is 10.1. The molecule has 0 fully saturated rings. The number of carbonyl (C=O) groups is 1. The van der Waals surface area contributed by atoms with Gasteiger partial charge >= 0.3 is 0 Å². The standard InChI is InChI=1S/C13H18O4/c1-4-10(14)9-7-11(15)13(17-6-3)12(8-9)16-5-2/h7-8,15H,4-6H2,1-3H3. The van der Waals surface area contributed by atoms with E-state index in [1.807, 2.05) is 13.8 Å². The molecule has 0 saturated heterocycles. The van der Waals surface area contributed by atoms with E-state index in [1.165, 1.54) is 6.07 Å². The van der Waals surface area contributed by atoms with Gasteiger partial charge in [0.25, 0.3) is 0 Å². The minimum Gasteiger partial charge on any atom is -0.504 e. The Morgan fingerprint density at radius 1 is 1.18 bits per heavy atom. The molecule has 0 aliphatic heterocycles. The molecule has 0 aliphatic carbocycles. The highest BCUT2D eigenvalue weighted by Crippen LogP contribution is 2.38. The Morgan fingerprint density at radius 3 is 2.35 bits per heavy atom. The second-order valence-electron chi connectivity index (χ2n) is 3.47. The van der Waals surface area contributed by atoms with Crippen LogP contribution in [0.15, 0.2) is 12.1 Å². The first-order chi connectivity index (χ1) is 8.13. The van der Waals surface area contributed by atoms with Gasteiger partial charge in [-0.05, 0) is 26.0 Å². The largest absolute Gasteiger partial charge is 0.504 e. The summed E-state index contributed by atoms with van der Waals surface area (Å²) >= 11 is 0. The summed E-state index contributed by atoms with van der Waals surface area (Å²) in [5.41, 5.74) is 0.442. The number of ether oxygens (including phenoxy) is 2. The number of phenols is 1. The lowest BCUT2D eigenvalue weighted by Crippen LogP contribution is -2.02. The van der Waals surface area contributed by atoms with E-state index in [9.17, 15) is 9.90 Å². The van der Waals surface area contributed by atoms with Crippen LogP contribution in [0.1, 0.15) is 37.6 Å². The maximum absolute atomic E-state index is 11.6. The van der Waals surface area contributed by atoms with Crippen molar-refractivity contribution in [3.8, 4) is 17.2 Å². The van der Waals surface area contributed by atoms with Gasteiger partial charge in [0.15, 0.2) is 17.3 Å². The SMILES string of the molecule is CCOc1cc(C(=O)CC)cc(O)c1OCC. The molecular weight excluding hydrogens is 220 g/mol. The van der Waals surface area contributed by atoms with Crippen molar-refractivity contribution in [3.63, 3.8) is 0 Å². The number of hydrogen-bond acceptors (Lipinski definition) is 4. The zero-order valence-corrected chi connectivity index (χ0v) is 10.4. The third-order valence-electron chi connectivity index (χ3n) is 2.27. The smallest absolute Gasteiger partial charge is 0.203 e. The van der Waals surface area contributed by atoms with E-state index in [0.717, 1.165) is 0 Å². The molecule has 0 unspecified atom stereocenters. The summed E-state index contributed by atoms with van der Waals surface area (Å²) in [7, 11) is 0. The van der Waals surface area contributed by atoms with Crippen LogP contribution in [0.5, 0.6) is 17.2 Å². The Kier molecular flexibility index (Phi) is 4.82. The average molecular weight is 238 g/mol. The van der Waals surface area contributed by atoms with Gasteiger partial charge in [-0.1, -0.05) is 6.92 Å². The van der Waals surface area contributed by atoms with Gasteiger partial charge in [-0.25, -0.2) is 0 Å². The van der Waals surface area contributed by atoms with Crippen LogP contribution in [0, 0.1) is 0 Å². The molecule has 1 aromatic carbocycles. The van der Waals surface area contributed by atoms with Crippen molar-refractivity contribution in [1.29, 1.82) is 0 Å². The maximum Gasteiger partial charge on any atom is 0.203 e. The molecule has 0 radical (unpaired) electrons. The van der Waals surface area contributed by atoms with E-state index in [-0.39, 0.29) is 11.5 Å². The molecule has 0 spiro atoms. The molecule has 94 valence electrons. The zero-order valence-electron chi connectivity index (χ0n) is 10.4. The number of carbonyl (C=O) groups excluding carboxylic acids is 1. The Balaban J connectivity index is 3.19. The summed E-state index contributed by atoms with van der Waals surface area (Å²) in [6.07, 6.45) is 0.388. The van der Waals surface area contributed by atoms with Gasteiger partial charge in [0, 0.05) is 12.0 Å². The molecule has 0 aliphatic rings. The Hall–Kier alpha value is -1.71. The molecule has 0 saturated carbocycles. The van der Waals surface area contributed by atoms with E-state index >= 15 is 0 Å². The van der Waals surface area contributed by atoms with Gasteiger partial charge in [0.05, 0.1) is 13.2 Å². The number of phenolic OH excluding ortho intramolecular Hbond substituents is 1. The summed E-state index contributed by atoms with van der Waals surface area (Å²) in [6, 6.07) is 3.03. The first-order valence-corrected chi connectivity index (χ1v) is 5.79. The summed E-state index contributed by atoms with van der Waals surface area (Å²) in [4.78, 5) is 11.6. The van der Waals surface area contributed by atoms with Crippen LogP contribution in [0.4, 0.5) is 0 Å². The summed E-state index contributed by atoms with van der Waals surface area (Å²) in [5, 5.41) is 9.82. The monoisotopic (exact) mass is 238 g/mol. The highest BCUT2D eigenvalue weighted by atomic mass is 16.5. The highest BCUT2D eigenvalue weighted by molar-refractivity contribution is 5.97. The molecule has 17 heavy (non-hydrogen) atoms. The molecule has 0 atom stereocenters. The van der Waals surface area contributed by atoms with E-state index in [2.05, 4.69) is 0 Å². The van der Waals surface area contributed by atoms with Crippen LogP contribution in [0.25, 0.3) is 0 Å². The third-order valence-corrected chi connectivity index (χ3v) is 2.27. The van der Waals surface area contributed by atoms with E-state index in [0.29, 0.717) is 36.7 Å². The molecule has 0 amide bonds. The fourth-order valence-corrected chi connectivity index (χ4v) is 1.50. The van der Waals surface area contributed by atoms with Gasteiger partial charge < -0.3 is 14.6 Å². The van der Waals surface area contributed by atoms with Crippen molar-refractivity contribution >= 4 is 5.78 Å². The summed E-state index contributed by atoms with van der Waals surface area (Å²) < 4.78 is 10.7. The van der Waals surface area contributed by atoms with E-state index < -0.39 is 0 Å². The van der Waals surface area contributed by atoms with Crippen LogP contribution in [0.3, 0.4) is 0 Å². The molecule has 4 heteroatoms. The van der Waals surface area contributed by atoms with Crippen molar-refractivity contribution < 1.29 is 19.4 Å². The van der Waals surface area contributed by atoms with Gasteiger partial charge in [-0.2, -0.15) is 0 Å². The lowest BCUT2D eigenvalue weighted by atomic mass is 10.1. The van der Waals surface area contributed by atoms with Gasteiger partial charge in [0.2, 0.25) is 5.75 Å². The topological polar surface area (TPSA) is 55.8 Å². The Morgan fingerprint density at radius 2 is 1.82 bits per heavy atom. The molecule has 0 bridgehead atoms. The first-order valence-electron chi connectivity index (χ1n) is 5.79. The lowest BCUT2D eigenvalue weighted by molar-refractivity contribution is 0.0987. The molecule has 1 rings (SSSR count). The van der Waals surface area contributed by atoms with Crippen molar-refractivity contribution in [2.75, 3.05) is 13.2 Å². The number of benzene rings is 1. The molecule has 0 heterocycles. The van der Waals surface area contributed by atoms with Crippen LogP contribution in [-0.4, -0.2) is 24.1 Å². The summed E-state index contributed by atoms with van der Waals surface area (Å²) in [5.74, 6) is 0.604. The fraction of sp³-hybridized carbons (Fsp3) is 0.462. The Labute approximate surface area is 101 Å². The average Bonchev–Trinajstić information content (AvgIpc) is 2.32. The number of ketones is 1. The van der Waals surface area contributed by atoms with Crippen LogP contribution in [0.2, 0.25) is 0 Å². The van der Waals surface area contributed by atoms with Crippen molar-refractivity contribution in [2.45, 2.75) is 27.2 Å². The predicted octanol–water partition coefficient (Wildman–Crippen LogP) is 2.78. The minimum absolute atomic E-state index is 0.0377. The number of Topliss-reactive ketones (excluding diaryl/α,β-unsaturated/α-hetero) is 1. The van der Waals surface area contributed by atoms with Gasteiger partial charge in [0.1, 0.15) is 0 Å². The maximum atomic E-state index is 11.6. The first kappa shape index (κ1) is 13.4. The molecule has 0 aromatic heterocycles. The summed E-state index contributed by atoms with van der Waals surface area (Å²) in [6.45, 7) is 6.30. The molecule has 4 nitrogen and oxygen atoms in total.